The number of aromatic nitrogens is 1. The van der Waals surface area contributed by atoms with E-state index in [0.717, 1.165) is 56.3 Å². The third kappa shape index (κ3) is 3.81. The first-order valence-corrected chi connectivity index (χ1v) is 9.73. The van der Waals surface area contributed by atoms with Crippen molar-refractivity contribution in [3.63, 3.8) is 0 Å². The van der Waals surface area contributed by atoms with Gasteiger partial charge in [-0.2, -0.15) is 0 Å². The Kier molecular flexibility index (Phi) is 5.16. The maximum Gasteiger partial charge on any atom is 0.0594 e. The van der Waals surface area contributed by atoms with Crippen LogP contribution in [0.25, 0.3) is 0 Å². The summed E-state index contributed by atoms with van der Waals surface area (Å²) in [4.78, 5) is 10.0. The van der Waals surface area contributed by atoms with Crippen LogP contribution in [0.15, 0.2) is 18.2 Å². The molecule has 4 rings (SSSR count). The van der Waals surface area contributed by atoms with Crippen molar-refractivity contribution in [2.24, 2.45) is 17.8 Å². The van der Waals surface area contributed by atoms with E-state index < -0.39 is 0 Å². The van der Waals surface area contributed by atoms with Crippen LogP contribution in [0.4, 0.5) is 0 Å². The second-order valence-corrected chi connectivity index (χ2v) is 7.99. The first-order valence-electron chi connectivity index (χ1n) is 9.73. The monoisotopic (exact) mass is 329 g/mol. The van der Waals surface area contributed by atoms with Crippen molar-refractivity contribution in [1.82, 2.24) is 14.8 Å². The molecule has 2 saturated heterocycles. The van der Waals surface area contributed by atoms with Gasteiger partial charge >= 0.3 is 0 Å². The molecule has 3 aliphatic rings. The van der Waals surface area contributed by atoms with Crippen LogP contribution < -0.4 is 0 Å². The van der Waals surface area contributed by atoms with Crippen LogP contribution >= 0.6 is 0 Å². The number of nitrogens with zero attached hydrogens (tertiary/aromatic N) is 3. The SMILES string of the molecule is Cc1cccc(CN2C[C@@H]3CCC[C@H](CN4CCOCC4)[C@@H]3C2)n1. The van der Waals surface area contributed by atoms with Crippen LogP contribution in [0.3, 0.4) is 0 Å². The molecule has 1 aromatic heterocycles. The highest BCUT2D eigenvalue weighted by Gasteiger charge is 2.40. The zero-order valence-corrected chi connectivity index (χ0v) is 15.0. The molecular formula is C20H31N3O. The van der Waals surface area contributed by atoms with E-state index in [1.54, 1.807) is 0 Å². The lowest BCUT2D eigenvalue weighted by atomic mass is 9.73. The van der Waals surface area contributed by atoms with Crippen molar-refractivity contribution in [3.05, 3.63) is 29.6 Å². The van der Waals surface area contributed by atoms with E-state index in [1.807, 2.05) is 0 Å². The maximum absolute atomic E-state index is 5.51. The standard InChI is InChI=1S/C20H31N3O/c1-16-4-2-7-19(21-16)14-23-13-18-6-3-5-17(20(18)15-23)12-22-8-10-24-11-9-22/h2,4,7,17-18,20H,3,5-6,8-15H2,1H3/t17-,18+,20+/m1/s1. The van der Waals surface area contributed by atoms with E-state index >= 15 is 0 Å². The number of fused-ring (bicyclic) bond motifs is 1. The summed E-state index contributed by atoms with van der Waals surface area (Å²) >= 11 is 0. The largest absolute Gasteiger partial charge is 0.379 e. The van der Waals surface area contributed by atoms with Crippen molar-refractivity contribution in [2.45, 2.75) is 32.7 Å². The summed E-state index contributed by atoms with van der Waals surface area (Å²) in [5.41, 5.74) is 2.37. The number of rotatable bonds is 4. The van der Waals surface area contributed by atoms with Gasteiger partial charge in [0, 0.05) is 45.0 Å². The van der Waals surface area contributed by atoms with E-state index in [-0.39, 0.29) is 0 Å². The molecule has 1 saturated carbocycles. The number of hydrogen-bond acceptors (Lipinski definition) is 4. The lowest BCUT2D eigenvalue weighted by Crippen LogP contribution is -2.43. The number of ether oxygens (including phenoxy) is 1. The van der Waals surface area contributed by atoms with Gasteiger partial charge in [0.05, 0.1) is 18.9 Å². The molecule has 24 heavy (non-hydrogen) atoms. The van der Waals surface area contributed by atoms with Gasteiger partial charge in [0.25, 0.3) is 0 Å². The Hall–Kier alpha value is -0.970. The van der Waals surface area contributed by atoms with E-state index in [1.165, 1.54) is 44.6 Å². The van der Waals surface area contributed by atoms with Crippen LogP contribution in [-0.4, -0.2) is 60.7 Å². The molecule has 0 amide bonds. The molecule has 0 aromatic carbocycles. The highest BCUT2D eigenvalue weighted by molar-refractivity contribution is 5.10. The Morgan fingerprint density at radius 3 is 2.83 bits per heavy atom. The van der Waals surface area contributed by atoms with Gasteiger partial charge < -0.3 is 4.74 Å². The van der Waals surface area contributed by atoms with Crippen molar-refractivity contribution < 1.29 is 4.74 Å². The summed E-state index contributed by atoms with van der Waals surface area (Å²) in [6, 6.07) is 6.41. The fourth-order valence-electron chi connectivity index (χ4n) is 5.07. The van der Waals surface area contributed by atoms with Gasteiger partial charge in [0.1, 0.15) is 0 Å². The molecule has 2 aliphatic heterocycles. The zero-order chi connectivity index (χ0) is 16.4. The second-order valence-electron chi connectivity index (χ2n) is 7.99. The van der Waals surface area contributed by atoms with Crippen LogP contribution in [0.2, 0.25) is 0 Å². The quantitative estimate of drug-likeness (QED) is 0.849. The average molecular weight is 329 g/mol. The smallest absolute Gasteiger partial charge is 0.0594 e. The third-order valence-electron chi connectivity index (χ3n) is 6.25. The lowest BCUT2D eigenvalue weighted by Gasteiger charge is -2.37. The van der Waals surface area contributed by atoms with Crippen LogP contribution in [0.1, 0.15) is 30.7 Å². The predicted octanol–water partition coefficient (Wildman–Crippen LogP) is 2.57. The molecule has 0 spiro atoms. The van der Waals surface area contributed by atoms with Crippen LogP contribution in [0.5, 0.6) is 0 Å². The Labute approximate surface area is 146 Å². The predicted molar refractivity (Wildman–Crippen MR) is 95.8 cm³/mol. The van der Waals surface area contributed by atoms with Crippen molar-refractivity contribution in [2.75, 3.05) is 45.9 Å². The molecule has 3 heterocycles. The molecule has 3 fully saturated rings. The number of hydrogen-bond donors (Lipinski definition) is 0. The minimum Gasteiger partial charge on any atom is -0.379 e. The van der Waals surface area contributed by atoms with Gasteiger partial charge in [-0.1, -0.05) is 12.5 Å². The fourth-order valence-corrected chi connectivity index (χ4v) is 5.07. The highest BCUT2D eigenvalue weighted by Crippen LogP contribution is 2.40. The summed E-state index contributed by atoms with van der Waals surface area (Å²) in [7, 11) is 0. The van der Waals surface area contributed by atoms with E-state index in [9.17, 15) is 0 Å². The Balaban J connectivity index is 1.36. The molecule has 0 N–H and O–H groups in total. The molecule has 0 radical (unpaired) electrons. The van der Waals surface area contributed by atoms with Crippen molar-refractivity contribution >= 4 is 0 Å². The number of pyridine rings is 1. The molecule has 4 heteroatoms. The first kappa shape index (κ1) is 16.5. The number of likely N-dealkylation sites (tertiary alicyclic amines) is 1. The maximum atomic E-state index is 5.51. The number of aryl methyl sites for hydroxylation is 1. The van der Waals surface area contributed by atoms with Gasteiger partial charge in [-0.05, 0) is 49.7 Å². The van der Waals surface area contributed by atoms with Crippen LogP contribution in [-0.2, 0) is 11.3 Å². The fraction of sp³-hybridized carbons (Fsp3) is 0.750. The van der Waals surface area contributed by atoms with Gasteiger partial charge in [0.2, 0.25) is 0 Å². The van der Waals surface area contributed by atoms with Crippen molar-refractivity contribution in [1.29, 1.82) is 0 Å². The molecule has 0 unspecified atom stereocenters. The Morgan fingerprint density at radius 1 is 1.12 bits per heavy atom. The minimum atomic E-state index is 0.886. The lowest BCUT2D eigenvalue weighted by molar-refractivity contribution is 0.0192. The van der Waals surface area contributed by atoms with Gasteiger partial charge in [-0.3, -0.25) is 14.8 Å². The second kappa shape index (κ2) is 7.51. The first-order chi connectivity index (χ1) is 11.8. The van der Waals surface area contributed by atoms with Crippen molar-refractivity contribution in [3.8, 4) is 0 Å². The van der Waals surface area contributed by atoms with E-state index in [4.69, 9.17) is 9.72 Å². The van der Waals surface area contributed by atoms with Gasteiger partial charge in [-0.15, -0.1) is 0 Å². The summed E-state index contributed by atoms with van der Waals surface area (Å²) in [5.74, 6) is 2.69. The molecule has 3 atom stereocenters. The molecule has 4 nitrogen and oxygen atoms in total. The summed E-state index contributed by atoms with van der Waals surface area (Å²) in [6.45, 7) is 11.1. The molecule has 1 aromatic rings. The topological polar surface area (TPSA) is 28.6 Å². The van der Waals surface area contributed by atoms with Crippen LogP contribution in [0, 0.1) is 24.7 Å². The van der Waals surface area contributed by atoms with Gasteiger partial charge in [-0.25, -0.2) is 0 Å². The van der Waals surface area contributed by atoms with Gasteiger partial charge in [0.15, 0.2) is 0 Å². The summed E-state index contributed by atoms with van der Waals surface area (Å²) in [6.07, 6.45) is 4.28. The molecule has 132 valence electrons. The molecular weight excluding hydrogens is 298 g/mol. The summed E-state index contributed by atoms with van der Waals surface area (Å²) in [5, 5.41) is 0. The molecule has 1 aliphatic carbocycles. The Morgan fingerprint density at radius 2 is 2.00 bits per heavy atom. The minimum absolute atomic E-state index is 0.886. The number of morpholine rings is 1. The van der Waals surface area contributed by atoms with E-state index in [2.05, 4.69) is 34.9 Å². The highest BCUT2D eigenvalue weighted by atomic mass is 16.5. The third-order valence-corrected chi connectivity index (χ3v) is 6.25. The van der Waals surface area contributed by atoms with E-state index in [0.29, 0.717) is 0 Å². The molecule has 0 bridgehead atoms. The normalized spacial score (nSPS) is 32.0. The summed E-state index contributed by atoms with van der Waals surface area (Å²) < 4.78 is 5.51. The zero-order valence-electron chi connectivity index (χ0n) is 15.0. The average Bonchev–Trinajstić information content (AvgIpc) is 2.99. The Bertz CT molecular complexity index is 543.